The number of nitrogens with zero attached hydrogens (tertiary/aromatic N) is 4. The maximum absolute atomic E-state index is 5.12. The van der Waals surface area contributed by atoms with E-state index >= 15 is 0 Å². The summed E-state index contributed by atoms with van der Waals surface area (Å²) in [4.78, 5) is 8.87. The molecule has 2 aromatic rings. The van der Waals surface area contributed by atoms with E-state index in [9.17, 15) is 0 Å². The molecule has 0 radical (unpaired) electrons. The minimum atomic E-state index is 0.377. The first kappa shape index (κ1) is 15.2. The van der Waals surface area contributed by atoms with E-state index in [0.717, 1.165) is 36.0 Å². The number of methoxy groups -OCH3 is 1. The number of ether oxygens (including phenoxy) is 1. The van der Waals surface area contributed by atoms with Crippen LogP contribution in [0.15, 0.2) is 12.3 Å². The summed E-state index contributed by atoms with van der Waals surface area (Å²) in [5, 5.41) is 10.9. The van der Waals surface area contributed by atoms with Crippen molar-refractivity contribution >= 4 is 17.3 Å². The van der Waals surface area contributed by atoms with Gasteiger partial charge in [-0.15, -0.1) is 0 Å². The third-order valence-electron chi connectivity index (χ3n) is 2.88. The van der Waals surface area contributed by atoms with Crippen molar-refractivity contribution in [1.29, 1.82) is 0 Å². The van der Waals surface area contributed by atoms with Gasteiger partial charge in [0.15, 0.2) is 5.82 Å². The van der Waals surface area contributed by atoms with Crippen LogP contribution in [-0.2, 0) is 18.4 Å². The maximum atomic E-state index is 5.12. The summed E-state index contributed by atoms with van der Waals surface area (Å²) in [6.07, 6.45) is 2.96. The summed E-state index contributed by atoms with van der Waals surface area (Å²) in [7, 11) is 3.52. The number of rotatable bonds is 7. The predicted octanol–water partition coefficient (Wildman–Crippen LogP) is 2.23. The molecule has 114 valence electrons. The topological polar surface area (TPSA) is 76.9 Å². The van der Waals surface area contributed by atoms with Crippen LogP contribution in [-0.4, -0.2) is 33.4 Å². The van der Waals surface area contributed by atoms with Crippen molar-refractivity contribution in [3.8, 4) is 0 Å². The van der Waals surface area contributed by atoms with E-state index in [1.807, 2.05) is 26.2 Å². The average molecular weight is 290 g/mol. The number of aromatic nitrogens is 4. The summed E-state index contributed by atoms with van der Waals surface area (Å²) in [6, 6.07) is 1.89. The van der Waals surface area contributed by atoms with E-state index in [0.29, 0.717) is 12.4 Å². The van der Waals surface area contributed by atoms with Gasteiger partial charge in [0.1, 0.15) is 18.2 Å². The predicted molar refractivity (Wildman–Crippen MR) is 82.8 cm³/mol. The van der Waals surface area contributed by atoms with Gasteiger partial charge in [0.05, 0.1) is 11.4 Å². The molecule has 0 spiro atoms. The van der Waals surface area contributed by atoms with Crippen molar-refractivity contribution in [2.45, 2.75) is 26.9 Å². The number of nitrogens with one attached hydrogen (secondary N) is 2. The highest BCUT2D eigenvalue weighted by atomic mass is 16.5. The van der Waals surface area contributed by atoms with Gasteiger partial charge in [-0.2, -0.15) is 5.10 Å². The summed E-state index contributed by atoms with van der Waals surface area (Å²) in [6.45, 7) is 5.31. The molecule has 0 fully saturated rings. The summed E-state index contributed by atoms with van der Waals surface area (Å²) < 4.78 is 6.89. The van der Waals surface area contributed by atoms with E-state index in [2.05, 4.69) is 32.6 Å². The first-order valence-corrected chi connectivity index (χ1v) is 7.00. The van der Waals surface area contributed by atoms with Gasteiger partial charge in [0, 0.05) is 33.0 Å². The molecular weight excluding hydrogens is 268 g/mol. The van der Waals surface area contributed by atoms with Crippen LogP contribution in [0.25, 0.3) is 0 Å². The standard InChI is InChI=1S/C14H22N6O/c1-5-6-15-12-7-13(18-14(17-12)9-21-4)16-11-8-20(3)19-10(11)2/h7-8H,5-6,9H2,1-4H3,(H2,15,16,17,18). The first-order valence-electron chi connectivity index (χ1n) is 7.00. The van der Waals surface area contributed by atoms with Gasteiger partial charge in [0.25, 0.3) is 0 Å². The molecule has 0 aliphatic carbocycles. The van der Waals surface area contributed by atoms with Crippen molar-refractivity contribution in [2.75, 3.05) is 24.3 Å². The van der Waals surface area contributed by atoms with Crippen LogP contribution in [0.5, 0.6) is 0 Å². The molecule has 0 bridgehead atoms. The quantitative estimate of drug-likeness (QED) is 0.814. The van der Waals surface area contributed by atoms with Crippen molar-refractivity contribution in [2.24, 2.45) is 7.05 Å². The van der Waals surface area contributed by atoms with Gasteiger partial charge >= 0.3 is 0 Å². The zero-order chi connectivity index (χ0) is 15.2. The van der Waals surface area contributed by atoms with Crippen LogP contribution in [0.3, 0.4) is 0 Å². The normalized spacial score (nSPS) is 10.7. The Morgan fingerprint density at radius 2 is 2.05 bits per heavy atom. The Bertz CT molecular complexity index is 595. The largest absolute Gasteiger partial charge is 0.377 e. The summed E-state index contributed by atoms with van der Waals surface area (Å²) >= 11 is 0. The Balaban J connectivity index is 2.24. The van der Waals surface area contributed by atoms with Gasteiger partial charge in [-0.25, -0.2) is 9.97 Å². The lowest BCUT2D eigenvalue weighted by Crippen LogP contribution is -2.08. The van der Waals surface area contributed by atoms with E-state index in [1.165, 1.54) is 0 Å². The Labute approximate surface area is 124 Å². The van der Waals surface area contributed by atoms with Gasteiger partial charge in [0.2, 0.25) is 0 Å². The second-order valence-corrected chi connectivity index (χ2v) is 4.84. The van der Waals surface area contributed by atoms with E-state index < -0.39 is 0 Å². The van der Waals surface area contributed by atoms with Crippen LogP contribution in [0.1, 0.15) is 24.9 Å². The highest BCUT2D eigenvalue weighted by molar-refractivity contribution is 5.60. The number of hydrogen-bond acceptors (Lipinski definition) is 6. The second-order valence-electron chi connectivity index (χ2n) is 4.84. The van der Waals surface area contributed by atoms with Crippen LogP contribution in [0, 0.1) is 6.92 Å². The number of aryl methyl sites for hydroxylation is 2. The molecule has 21 heavy (non-hydrogen) atoms. The zero-order valence-electron chi connectivity index (χ0n) is 13.0. The maximum Gasteiger partial charge on any atom is 0.158 e. The minimum Gasteiger partial charge on any atom is -0.377 e. The first-order chi connectivity index (χ1) is 10.1. The van der Waals surface area contributed by atoms with Gasteiger partial charge < -0.3 is 15.4 Å². The minimum absolute atomic E-state index is 0.377. The van der Waals surface area contributed by atoms with Gasteiger partial charge in [-0.1, -0.05) is 6.92 Å². The van der Waals surface area contributed by atoms with Crippen LogP contribution >= 0.6 is 0 Å². The smallest absolute Gasteiger partial charge is 0.158 e. The number of hydrogen-bond donors (Lipinski definition) is 2. The van der Waals surface area contributed by atoms with Gasteiger partial charge in [-0.3, -0.25) is 4.68 Å². The molecule has 2 aromatic heterocycles. The molecule has 0 aliphatic rings. The van der Waals surface area contributed by atoms with Crippen LogP contribution in [0.4, 0.5) is 17.3 Å². The van der Waals surface area contributed by atoms with Crippen molar-refractivity contribution < 1.29 is 4.74 Å². The highest BCUT2D eigenvalue weighted by Crippen LogP contribution is 2.20. The highest BCUT2D eigenvalue weighted by Gasteiger charge is 2.08. The average Bonchev–Trinajstić information content (AvgIpc) is 2.75. The summed E-state index contributed by atoms with van der Waals surface area (Å²) in [5.74, 6) is 2.16. The molecule has 2 heterocycles. The lowest BCUT2D eigenvalue weighted by atomic mass is 10.4. The Kier molecular flexibility index (Phi) is 5.10. The third kappa shape index (κ3) is 4.16. The molecule has 0 unspecified atom stereocenters. The molecule has 2 rings (SSSR count). The van der Waals surface area contributed by atoms with Crippen LogP contribution in [0.2, 0.25) is 0 Å². The fourth-order valence-electron chi connectivity index (χ4n) is 1.96. The molecule has 7 nitrogen and oxygen atoms in total. The lowest BCUT2D eigenvalue weighted by molar-refractivity contribution is 0.178. The Hall–Kier alpha value is -2.15. The molecule has 0 atom stereocenters. The van der Waals surface area contributed by atoms with E-state index in [1.54, 1.807) is 11.8 Å². The molecule has 0 aliphatic heterocycles. The fourth-order valence-corrected chi connectivity index (χ4v) is 1.96. The Morgan fingerprint density at radius 1 is 1.29 bits per heavy atom. The number of anilines is 3. The van der Waals surface area contributed by atoms with Crippen molar-refractivity contribution in [3.63, 3.8) is 0 Å². The molecule has 0 saturated heterocycles. The monoisotopic (exact) mass is 290 g/mol. The van der Waals surface area contributed by atoms with Crippen LogP contribution < -0.4 is 10.6 Å². The van der Waals surface area contributed by atoms with E-state index in [4.69, 9.17) is 4.74 Å². The molecular formula is C14H22N6O. The SMILES string of the molecule is CCCNc1cc(Nc2cn(C)nc2C)nc(COC)n1. The fraction of sp³-hybridized carbons (Fsp3) is 0.500. The molecule has 0 saturated carbocycles. The molecule has 7 heteroatoms. The third-order valence-corrected chi connectivity index (χ3v) is 2.88. The Morgan fingerprint density at radius 3 is 2.67 bits per heavy atom. The van der Waals surface area contributed by atoms with Crippen molar-refractivity contribution in [1.82, 2.24) is 19.7 Å². The van der Waals surface area contributed by atoms with Gasteiger partial charge in [-0.05, 0) is 13.3 Å². The van der Waals surface area contributed by atoms with E-state index in [-0.39, 0.29) is 0 Å². The summed E-state index contributed by atoms with van der Waals surface area (Å²) in [5.41, 5.74) is 1.86. The second kappa shape index (κ2) is 7.03. The lowest BCUT2D eigenvalue weighted by Gasteiger charge is -2.10. The van der Waals surface area contributed by atoms with Crippen molar-refractivity contribution in [3.05, 3.63) is 23.8 Å². The molecule has 0 amide bonds. The zero-order valence-corrected chi connectivity index (χ0v) is 13.0. The molecule has 0 aromatic carbocycles. The molecule has 2 N–H and O–H groups in total.